The van der Waals surface area contributed by atoms with Gasteiger partial charge in [-0.2, -0.15) is 0 Å². The first-order valence-electron chi connectivity index (χ1n) is 10.7. The molecule has 0 bridgehead atoms. The Morgan fingerprint density at radius 1 is 1.00 bits per heavy atom. The number of aryl methyl sites for hydroxylation is 2. The van der Waals surface area contributed by atoms with E-state index in [2.05, 4.69) is 4.98 Å². The number of Topliss-reactive ketones (excluding diaryl/α,β-unsaturated/α-hetero) is 1. The fraction of sp³-hybridized carbons (Fsp3) is 0.115. The zero-order valence-corrected chi connectivity index (χ0v) is 19.6. The van der Waals surface area contributed by atoms with E-state index in [1.165, 1.54) is 40.5 Å². The van der Waals surface area contributed by atoms with Crippen LogP contribution in [0.3, 0.4) is 0 Å². The Morgan fingerprint density at radius 2 is 1.66 bits per heavy atom. The van der Waals surface area contributed by atoms with Gasteiger partial charge in [-0.15, -0.1) is 0 Å². The molecule has 1 fully saturated rings. The van der Waals surface area contributed by atoms with Gasteiger partial charge in [0.15, 0.2) is 5.13 Å². The Labute approximate surface area is 203 Å². The summed E-state index contributed by atoms with van der Waals surface area (Å²) in [6.07, 6.45) is 0. The van der Waals surface area contributed by atoms with Gasteiger partial charge in [-0.05, 0) is 49.2 Å². The molecule has 1 aliphatic rings. The predicted octanol–water partition coefficient (Wildman–Crippen LogP) is 5.45. The predicted molar refractivity (Wildman–Crippen MR) is 133 cm³/mol. The second-order valence-corrected chi connectivity index (χ2v) is 9.36. The van der Waals surface area contributed by atoms with Crippen molar-refractivity contribution in [2.24, 2.45) is 0 Å². The molecule has 1 aromatic heterocycles. The number of carbonyl (C=O) groups is 2. The average Bonchev–Trinajstić information content (AvgIpc) is 3.37. The highest BCUT2D eigenvalue weighted by molar-refractivity contribution is 7.22. The monoisotopic (exact) mass is 485 g/mol. The van der Waals surface area contributed by atoms with Gasteiger partial charge >= 0.3 is 5.91 Å². The van der Waals surface area contributed by atoms with E-state index < -0.39 is 22.7 Å². The third-order valence-electron chi connectivity index (χ3n) is 5.93. The van der Waals surface area contributed by atoms with Crippen LogP contribution in [0.2, 0.25) is 0 Å². The molecule has 1 N–H and O–H groups in total. The summed E-state index contributed by atoms with van der Waals surface area (Å²) in [5.41, 5.74) is 3.29. The molecule has 8 nitrogen and oxygen atoms in total. The van der Waals surface area contributed by atoms with Crippen molar-refractivity contribution in [1.29, 1.82) is 0 Å². The van der Waals surface area contributed by atoms with Crippen LogP contribution in [0.15, 0.2) is 72.3 Å². The molecule has 4 aromatic rings. The standard InChI is InChI=1S/C26H19N3O5S/c1-14-3-6-17(7-4-14)23(30)21-22(16-8-10-18(11-9-16)29(33)34)28(25(32)24(21)31)26-27-19-12-5-15(2)13-20(19)35-26/h3-13,22,30H,1-2H3/t22-/m1/s1. The number of benzene rings is 3. The second kappa shape index (κ2) is 8.44. The highest BCUT2D eigenvalue weighted by atomic mass is 32.1. The molecule has 0 radical (unpaired) electrons. The summed E-state index contributed by atoms with van der Waals surface area (Å²) in [7, 11) is 0. The third kappa shape index (κ3) is 3.85. The van der Waals surface area contributed by atoms with E-state index in [0.29, 0.717) is 21.8 Å². The third-order valence-corrected chi connectivity index (χ3v) is 6.95. The summed E-state index contributed by atoms with van der Waals surface area (Å²) < 4.78 is 0.850. The van der Waals surface area contributed by atoms with Crippen molar-refractivity contribution in [2.75, 3.05) is 4.90 Å². The summed E-state index contributed by atoms with van der Waals surface area (Å²) >= 11 is 1.26. The van der Waals surface area contributed by atoms with Crippen molar-refractivity contribution >= 4 is 49.8 Å². The Balaban J connectivity index is 1.72. The van der Waals surface area contributed by atoms with E-state index in [1.807, 2.05) is 32.0 Å². The zero-order chi connectivity index (χ0) is 24.9. The number of aromatic nitrogens is 1. The van der Waals surface area contributed by atoms with Gasteiger partial charge in [0.1, 0.15) is 5.76 Å². The number of anilines is 1. The summed E-state index contributed by atoms with van der Waals surface area (Å²) in [5, 5.41) is 22.6. The van der Waals surface area contributed by atoms with Crippen LogP contribution in [0.1, 0.15) is 28.3 Å². The SMILES string of the molecule is Cc1ccc(C(O)=C2C(=O)C(=O)N(c3nc4ccc(C)cc4s3)[C@@H]2c2ccc([N+](=O)[O-])cc2)cc1. The number of nitro groups is 1. The molecular formula is C26H19N3O5S. The zero-order valence-electron chi connectivity index (χ0n) is 18.8. The number of fused-ring (bicyclic) bond motifs is 1. The number of non-ortho nitro benzene ring substituents is 1. The molecule has 35 heavy (non-hydrogen) atoms. The highest BCUT2D eigenvalue weighted by Crippen LogP contribution is 2.44. The summed E-state index contributed by atoms with van der Waals surface area (Å²) in [4.78, 5) is 43.0. The van der Waals surface area contributed by atoms with E-state index >= 15 is 0 Å². The van der Waals surface area contributed by atoms with E-state index in [4.69, 9.17) is 0 Å². The molecule has 1 amide bonds. The Hall–Kier alpha value is -4.37. The first-order chi connectivity index (χ1) is 16.7. The van der Waals surface area contributed by atoms with Crippen molar-refractivity contribution in [1.82, 2.24) is 4.98 Å². The van der Waals surface area contributed by atoms with Crippen molar-refractivity contribution in [3.8, 4) is 0 Å². The molecule has 2 heterocycles. The number of aliphatic hydroxyl groups excluding tert-OH is 1. The first kappa shape index (κ1) is 22.4. The van der Waals surface area contributed by atoms with Gasteiger partial charge < -0.3 is 5.11 Å². The molecule has 0 saturated carbocycles. The number of nitrogens with zero attached hydrogens (tertiary/aromatic N) is 3. The molecular weight excluding hydrogens is 466 g/mol. The minimum absolute atomic E-state index is 0.0943. The molecule has 1 aliphatic heterocycles. The number of carbonyl (C=O) groups excluding carboxylic acids is 2. The topological polar surface area (TPSA) is 114 Å². The van der Waals surface area contributed by atoms with Crippen LogP contribution >= 0.6 is 11.3 Å². The van der Waals surface area contributed by atoms with Gasteiger partial charge in [-0.25, -0.2) is 4.98 Å². The number of amides is 1. The lowest BCUT2D eigenvalue weighted by molar-refractivity contribution is -0.384. The molecule has 3 aromatic carbocycles. The fourth-order valence-corrected chi connectivity index (χ4v) is 5.20. The maximum atomic E-state index is 13.3. The quantitative estimate of drug-likeness (QED) is 0.135. The minimum atomic E-state index is -1.00. The van der Waals surface area contributed by atoms with Gasteiger partial charge in [0.2, 0.25) is 0 Å². The van der Waals surface area contributed by atoms with Crippen molar-refractivity contribution in [3.05, 3.63) is 105 Å². The molecule has 0 aliphatic carbocycles. The van der Waals surface area contributed by atoms with E-state index in [9.17, 15) is 24.8 Å². The first-order valence-corrected chi connectivity index (χ1v) is 11.6. The summed E-state index contributed by atoms with van der Waals surface area (Å²) in [5.74, 6) is -1.98. The second-order valence-electron chi connectivity index (χ2n) is 8.35. The van der Waals surface area contributed by atoms with E-state index in [-0.39, 0.29) is 17.0 Å². The van der Waals surface area contributed by atoms with E-state index in [1.54, 1.807) is 24.3 Å². The van der Waals surface area contributed by atoms with E-state index in [0.717, 1.165) is 15.8 Å². The Bertz CT molecular complexity index is 1540. The van der Waals surface area contributed by atoms with Crippen LogP contribution < -0.4 is 4.90 Å². The average molecular weight is 486 g/mol. The lowest BCUT2D eigenvalue weighted by atomic mass is 9.95. The number of ketones is 1. The summed E-state index contributed by atoms with van der Waals surface area (Å²) in [6, 6.07) is 17.2. The number of nitro benzene ring substituents is 1. The van der Waals surface area contributed by atoms with Gasteiger partial charge in [-0.3, -0.25) is 24.6 Å². The number of aliphatic hydroxyl groups is 1. The largest absolute Gasteiger partial charge is 0.507 e. The highest BCUT2D eigenvalue weighted by Gasteiger charge is 2.48. The van der Waals surface area contributed by atoms with Crippen LogP contribution in [-0.2, 0) is 9.59 Å². The number of thiazole rings is 1. The van der Waals surface area contributed by atoms with Gasteiger partial charge in [-0.1, -0.05) is 47.2 Å². The van der Waals surface area contributed by atoms with Crippen molar-refractivity contribution in [3.63, 3.8) is 0 Å². The lowest BCUT2D eigenvalue weighted by Gasteiger charge is -2.22. The lowest BCUT2D eigenvalue weighted by Crippen LogP contribution is -2.29. The minimum Gasteiger partial charge on any atom is -0.507 e. The van der Waals surface area contributed by atoms with Gasteiger partial charge in [0.25, 0.3) is 11.5 Å². The maximum absolute atomic E-state index is 13.3. The van der Waals surface area contributed by atoms with Crippen LogP contribution in [-0.4, -0.2) is 26.7 Å². The van der Waals surface area contributed by atoms with Crippen LogP contribution in [0.4, 0.5) is 10.8 Å². The smallest absolute Gasteiger partial charge is 0.301 e. The normalized spacial score (nSPS) is 17.3. The molecule has 1 saturated heterocycles. The van der Waals surface area contributed by atoms with Crippen molar-refractivity contribution < 1.29 is 19.6 Å². The fourth-order valence-electron chi connectivity index (χ4n) is 4.11. The van der Waals surface area contributed by atoms with Gasteiger partial charge in [0, 0.05) is 17.7 Å². The number of hydrogen-bond donors (Lipinski definition) is 1. The molecule has 174 valence electrons. The number of rotatable bonds is 4. The number of hydrogen-bond acceptors (Lipinski definition) is 7. The summed E-state index contributed by atoms with van der Waals surface area (Å²) in [6.45, 7) is 3.85. The van der Waals surface area contributed by atoms with Crippen molar-refractivity contribution in [2.45, 2.75) is 19.9 Å². The molecule has 5 rings (SSSR count). The van der Waals surface area contributed by atoms with Crippen LogP contribution in [0.5, 0.6) is 0 Å². The molecule has 0 unspecified atom stereocenters. The Kier molecular flexibility index (Phi) is 5.41. The molecule has 1 atom stereocenters. The van der Waals surface area contributed by atoms with Crippen LogP contribution in [0.25, 0.3) is 16.0 Å². The maximum Gasteiger partial charge on any atom is 0.301 e. The molecule has 9 heteroatoms. The van der Waals surface area contributed by atoms with Crippen LogP contribution in [0, 0.1) is 24.0 Å². The van der Waals surface area contributed by atoms with Gasteiger partial charge in [0.05, 0.1) is 26.8 Å². The molecule has 0 spiro atoms. The Morgan fingerprint density at radius 3 is 2.31 bits per heavy atom.